The second-order valence-electron chi connectivity index (χ2n) is 3.06. The quantitative estimate of drug-likeness (QED) is 0.672. The van der Waals surface area contributed by atoms with Crippen LogP contribution in [-0.2, 0) is 0 Å². The summed E-state index contributed by atoms with van der Waals surface area (Å²) in [6.45, 7) is 1.95. The van der Waals surface area contributed by atoms with Crippen molar-refractivity contribution in [2.45, 2.75) is 6.92 Å². The third-order valence-corrected chi connectivity index (χ3v) is 2.12. The van der Waals surface area contributed by atoms with Crippen LogP contribution in [0.5, 0.6) is 0 Å². The Morgan fingerprint density at radius 3 is 2.71 bits per heavy atom. The van der Waals surface area contributed by atoms with Gasteiger partial charge in [-0.2, -0.15) is 5.10 Å². The molecule has 0 saturated heterocycles. The molecule has 70 valence electrons. The first-order valence-electron chi connectivity index (χ1n) is 4.38. The lowest BCUT2D eigenvalue weighted by Crippen LogP contribution is -2.02. The maximum absolute atomic E-state index is 10.8. The van der Waals surface area contributed by atoms with Gasteiger partial charge in [0.1, 0.15) is 0 Å². The molecule has 0 aliphatic heterocycles. The second kappa shape index (κ2) is 3.46. The van der Waals surface area contributed by atoms with E-state index in [9.17, 15) is 4.79 Å². The number of carbonyl (C=O) groups excluding carboxylic acids is 1. The minimum atomic E-state index is 0.652. The molecule has 0 aliphatic carbocycles. The van der Waals surface area contributed by atoms with Crippen molar-refractivity contribution < 1.29 is 4.79 Å². The lowest BCUT2D eigenvalue weighted by atomic mass is 10.2. The van der Waals surface area contributed by atoms with Gasteiger partial charge in [0, 0.05) is 17.5 Å². The van der Waals surface area contributed by atoms with Crippen molar-refractivity contribution in [3.8, 4) is 5.69 Å². The summed E-state index contributed by atoms with van der Waals surface area (Å²) in [6.07, 6.45) is 2.56. The van der Waals surface area contributed by atoms with E-state index >= 15 is 0 Å². The topological polar surface area (TPSA) is 34.9 Å². The van der Waals surface area contributed by atoms with Crippen LogP contribution >= 0.6 is 0 Å². The molecule has 1 aromatic heterocycles. The van der Waals surface area contributed by atoms with Gasteiger partial charge >= 0.3 is 0 Å². The normalized spacial score (nSPS) is 10.1. The minimum Gasteiger partial charge on any atom is -0.298 e. The molecule has 0 spiro atoms. The third-order valence-electron chi connectivity index (χ3n) is 2.12. The summed E-state index contributed by atoms with van der Waals surface area (Å²) < 4.78 is 1.75. The Hall–Kier alpha value is -1.90. The molecule has 14 heavy (non-hydrogen) atoms. The molecular weight excluding hydrogens is 176 g/mol. The van der Waals surface area contributed by atoms with E-state index in [1.807, 2.05) is 31.2 Å². The van der Waals surface area contributed by atoms with Crippen LogP contribution in [0.2, 0.25) is 0 Å². The zero-order chi connectivity index (χ0) is 9.97. The Morgan fingerprint density at radius 1 is 1.29 bits per heavy atom. The van der Waals surface area contributed by atoms with Crippen LogP contribution in [-0.4, -0.2) is 16.1 Å². The largest absolute Gasteiger partial charge is 0.298 e. The van der Waals surface area contributed by atoms with Gasteiger partial charge in [-0.15, -0.1) is 0 Å². The Labute approximate surface area is 82.0 Å². The Balaban J connectivity index is 2.62. The lowest BCUT2D eigenvalue weighted by Gasteiger charge is -2.06. The summed E-state index contributed by atoms with van der Waals surface area (Å²) in [5.41, 5.74) is 2.49. The zero-order valence-electron chi connectivity index (χ0n) is 7.84. The molecule has 0 atom stereocenters. The number of nitrogens with zero attached hydrogens (tertiary/aromatic N) is 2. The van der Waals surface area contributed by atoms with Crippen LogP contribution in [0.15, 0.2) is 36.5 Å². The van der Waals surface area contributed by atoms with Gasteiger partial charge in [-0.3, -0.25) is 4.79 Å². The number of aryl methyl sites for hydroxylation is 1. The fourth-order valence-electron chi connectivity index (χ4n) is 1.40. The molecule has 0 amide bonds. The molecule has 0 N–H and O–H groups in total. The minimum absolute atomic E-state index is 0.652. The number of rotatable bonds is 2. The highest BCUT2D eigenvalue weighted by Crippen LogP contribution is 2.13. The predicted octanol–water partition coefficient (Wildman–Crippen LogP) is 1.99. The van der Waals surface area contributed by atoms with Crippen LogP contribution < -0.4 is 0 Å². The summed E-state index contributed by atoms with van der Waals surface area (Å²) in [6, 6.07) is 9.30. The molecule has 1 aromatic carbocycles. The molecule has 0 unspecified atom stereocenters. The molecule has 2 aromatic rings. The van der Waals surface area contributed by atoms with Gasteiger partial charge in [0.15, 0.2) is 6.29 Å². The third kappa shape index (κ3) is 1.33. The van der Waals surface area contributed by atoms with E-state index in [2.05, 4.69) is 5.10 Å². The van der Waals surface area contributed by atoms with E-state index in [1.165, 1.54) is 0 Å². The SMILES string of the molecule is Cc1ccnn1-c1ccccc1C=O. The highest BCUT2D eigenvalue weighted by Gasteiger charge is 2.04. The van der Waals surface area contributed by atoms with Crippen LogP contribution in [0, 0.1) is 6.92 Å². The number of hydrogen-bond acceptors (Lipinski definition) is 2. The number of carbonyl (C=O) groups is 1. The van der Waals surface area contributed by atoms with Crippen molar-refractivity contribution in [3.05, 3.63) is 47.8 Å². The maximum atomic E-state index is 10.8. The average molecular weight is 186 g/mol. The maximum Gasteiger partial charge on any atom is 0.152 e. The average Bonchev–Trinajstić information content (AvgIpc) is 2.64. The molecule has 0 fully saturated rings. The molecule has 0 saturated carbocycles. The van der Waals surface area contributed by atoms with E-state index < -0.39 is 0 Å². The number of benzene rings is 1. The summed E-state index contributed by atoms with van der Waals surface area (Å²) in [5.74, 6) is 0. The first-order valence-corrected chi connectivity index (χ1v) is 4.38. The smallest absolute Gasteiger partial charge is 0.152 e. The van der Waals surface area contributed by atoms with Crippen molar-refractivity contribution in [1.29, 1.82) is 0 Å². The van der Waals surface area contributed by atoms with Gasteiger partial charge in [-0.1, -0.05) is 12.1 Å². The molecule has 3 heteroatoms. The van der Waals surface area contributed by atoms with Crippen LogP contribution in [0.3, 0.4) is 0 Å². The van der Waals surface area contributed by atoms with Crippen molar-refractivity contribution in [2.24, 2.45) is 0 Å². The molecule has 0 radical (unpaired) electrons. The van der Waals surface area contributed by atoms with Crippen LogP contribution in [0.25, 0.3) is 5.69 Å². The summed E-state index contributed by atoms with van der Waals surface area (Å²) in [5, 5.41) is 4.15. The second-order valence-corrected chi connectivity index (χ2v) is 3.06. The fraction of sp³-hybridized carbons (Fsp3) is 0.0909. The first kappa shape index (κ1) is 8.69. The van der Waals surface area contributed by atoms with E-state index in [0.717, 1.165) is 17.7 Å². The first-order chi connectivity index (χ1) is 6.83. The van der Waals surface area contributed by atoms with Crippen molar-refractivity contribution in [2.75, 3.05) is 0 Å². The van der Waals surface area contributed by atoms with E-state index in [-0.39, 0.29) is 0 Å². The molecule has 3 nitrogen and oxygen atoms in total. The van der Waals surface area contributed by atoms with Gasteiger partial charge in [-0.05, 0) is 25.1 Å². The van der Waals surface area contributed by atoms with Gasteiger partial charge in [0.25, 0.3) is 0 Å². The van der Waals surface area contributed by atoms with Gasteiger partial charge < -0.3 is 0 Å². The molecule has 0 bridgehead atoms. The monoisotopic (exact) mass is 186 g/mol. The lowest BCUT2D eigenvalue weighted by molar-refractivity contribution is 0.112. The molecular formula is C11H10N2O. The number of aldehydes is 1. The highest BCUT2D eigenvalue weighted by molar-refractivity contribution is 5.80. The van der Waals surface area contributed by atoms with E-state index in [4.69, 9.17) is 0 Å². The molecule has 1 heterocycles. The van der Waals surface area contributed by atoms with Crippen LogP contribution in [0.4, 0.5) is 0 Å². The van der Waals surface area contributed by atoms with Crippen LogP contribution in [0.1, 0.15) is 16.1 Å². The number of hydrogen-bond donors (Lipinski definition) is 0. The Kier molecular flexibility index (Phi) is 2.14. The highest BCUT2D eigenvalue weighted by atomic mass is 16.1. The van der Waals surface area contributed by atoms with E-state index in [0.29, 0.717) is 5.56 Å². The molecule has 0 aliphatic rings. The zero-order valence-corrected chi connectivity index (χ0v) is 7.84. The summed E-state index contributed by atoms with van der Waals surface area (Å²) in [7, 11) is 0. The number of aromatic nitrogens is 2. The van der Waals surface area contributed by atoms with Gasteiger partial charge in [-0.25, -0.2) is 4.68 Å². The predicted molar refractivity (Wildman–Crippen MR) is 53.7 cm³/mol. The molecule has 2 rings (SSSR count). The summed E-state index contributed by atoms with van der Waals surface area (Å²) >= 11 is 0. The van der Waals surface area contributed by atoms with Crippen molar-refractivity contribution >= 4 is 6.29 Å². The van der Waals surface area contributed by atoms with Crippen molar-refractivity contribution in [1.82, 2.24) is 9.78 Å². The van der Waals surface area contributed by atoms with Gasteiger partial charge in [0.2, 0.25) is 0 Å². The number of para-hydroxylation sites is 1. The van der Waals surface area contributed by atoms with Crippen molar-refractivity contribution in [3.63, 3.8) is 0 Å². The van der Waals surface area contributed by atoms with Gasteiger partial charge in [0.05, 0.1) is 5.69 Å². The van der Waals surface area contributed by atoms with E-state index in [1.54, 1.807) is 16.9 Å². The summed E-state index contributed by atoms with van der Waals surface area (Å²) in [4.78, 5) is 10.8. The standard InChI is InChI=1S/C11H10N2O/c1-9-6-7-12-13(9)11-5-3-2-4-10(11)8-14/h2-8H,1H3. The fourth-order valence-corrected chi connectivity index (χ4v) is 1.40. The Bertz CT molecular complexity index is 460. The Morgan fingerprint density at radius 2 is 2.07 bits per heavy atom.